The molecule has 0 aromatic carbocycles. The number of halogens is 3. The molecule has 1 atom stereocenters. The van der Waals surface area contributed by atoms with E-state index in [1.165, 1.54) is 6.92 Å². The monoisotopic (exact) mass is 211 g/mol. The third-order valence-corrected chi connectivity index (χ3v) is 1.23. The lowest BCUT2D eigenvalue weighted by atomic mass is 10.3. The summed E-state index contributed by atoms with van der Waals surface area (Å²) in [5, 5.41) is 10.4. The summed E-state index contributed by atoms with van der Waals surface area (Å²) in [6, 6.07) is -1.05. The molecule has 7 heteroatoms. The van der Waals surface area contributed by atoms with E-state index in [-0.39, 0.29) is 6.08 Å². The Hall–Kier alpha value is -1.53. The van der Waals surface area contributed by atoms with Crippen LogP contribution in [0.1, 0.15) is 6.92 Å². The number of alkyl halides is 3. The maximum atomic E-state index is 11.6. The number of carbonyl (C=O) groups is 2. The minimum Gasteiger partial charge on any atom is -0.480 e. The number of hydrogen-bond acceptors (Lipinski definition) is 3. The summed E-state index contributed by atoms with van der Waals surface area (Å²) in [4.78, 5) is 20.4. The number of rotatable bonds is 4. The van der Waals surface area contributed by atoms with Gasteiger partial charge in [0.2, 0.25) is 0 Å². The fraction of sp³-hybridized carbons (Fsp3) is 0.429. The van der Waals surface area contributed by atoms with Gasteiger partial charge in [-0.05, 0) is 6.92 Å². The molecule has 0 spiro atoms. The van der Waals surface area contributed by atoms with Crippen molar-refractivity contribution in [3.8, 4) is 0 Å². The molecule has 0 aliphatic carbocycles. The largest absolute Gasteiger partial charge is 0.480 e. The molecule has 0 saturated heterocycles. The van der Waals surface area contributed by atoms with Gasteiger partial charge in [0.15, 0.2) is 0 Å². The van der Waals surface area contributed by atoms with Gasteiger partial charge in [-0.15, -0.1) is 0 Å². The Morgan fingerprint density at radius 3 is 2.29 bits per heavy atom. The van der Waals surface area contributed by atoms with E-state index in [1.54, 1.807) is 0 Å². The molecule has 14 heavy (non-hydrogen) atoms. The molecule has 0 amide bonds. The molecule has 0 aliphatic heterocycles. The number of ketones is 1. The highest BCUT2D eigenvalue weighted by Gasteiger charge is 2.36. The topological polar surface area (TPSA) is 66.4 Å². The molecule has 4 nitrogen and oxygen atoms in total. The summed E-state index contributed by atoms with van der Waals surface area (Å²) in [5.41, 5.74) is 0. The molecule has 0 aliphatic rings. The van der Waals surface area contributed by atoms with Crippen molar-refractivity contribution in [2.45, 2.75) is 19.1 Å². The normalized spacial score (nSPS) is 14.0. The van der Waals surface area contributed by atoms with Crippen LogP contribution in [-0.4, -0.2) is 29.1 Å². The van der Waals surface area contributed by atoms with E-state index in [2.05, 4.69) is 5.32 Å². The van der Waals surface area contributed by atoms with Gasteiger partial charge in [-0.2, -0.15) is 13.2 Å². The maximum absolute atomic E-state index is 11.6. The molecule has 1 unspecified atom stereocenters. The quantitative estimate of drug-likeness (QED) is 0.671. The number of hydrogen-bond donors (Lipinski definition) is 2. The number of aliphatic carboxylic acids is 1. The van der Waals surface area contributed by atoms with Crippen molar-refractivity contribution in [2.24, 2.45) is 0 Å². The van der Waals surface area contributed by atoms with Crippen LogP contribution in [0.15, 0.2) is 12.3 Å². The van der Waals surface area contributed by atoms with Crippen LogP contribution in [0, 0.1) is 0 Å². The lowest BCUT2D eigenvalue weighted by Gasteiger charge is -2.05. The molecule has 80 valence electrons. The van der Waals surface area contributed by atoms with Gasteiger partial charge in [0.05, 0.1) is 0 Å². The van der Waals surface area contributed by atoms with Crippen molar-refractivity contribution >= 4 is 11.8 Å². The number of nitrogens with one attached hydrogen (secondary N) is 1. The molecular formula is C7H8F3NO3. The average Bonchev–Trinajstić information content (AvgIpc) is 2.01. The summed E-state index contributed by atoms with van der Waals surface area (Å²) in [6.45, 7) is 1.23. The second-order valence-corrected chi connectivity index (χ2v) is 2.42. The average molecular weight is 211 g/mol. The third-order valence-electron chi connectivity index (χ3n) is 1.23. The number of carboxylic acid groups (broad SMARTS) is 1. The first-order valence-electron chi connectivity index (χ1n) is 3.51. The zero-order chi connectivity index (χ0) is 11.4. The van der Waals surface area contributed by atoms with Crippen molar-refractivity contribution < 1.29 is 27.9 Å². The van der Waals surface area contributed by atoms with Crippen molar-refractivity contribution in [1.29, 1.82) is 0 Å². The van der Waals surface area contributed by atoms with Crippen LogP contribution in [0.2, 0.25) is 0 Å². The van der Waals surface area contributed by atoms with Gasteiger partial charge < -0.3 is 10.4 Å². The fourth-order valence-electron chi connectivity index (χ4n) is 0.434. The highest BCUT2D eigenvalue weighted by Crippen LogP contribution is 2.15. The van der Waals surface area contributed by atoms with Crippen molar-refractivity contribution in [2.75, 3.05) is 0 Å². The number of carbonyl (C=O) groups excluding carboxylic acids is 1. The molecule has 0 heterocycles. The van der Waals surface area contributed by atoms with Gasteiger partial charge in [0, 0.05) is 12.3 Å². The fourth-order valence-corrected chi connectivity index (χ4v) is 0.434. The van der Waals surface area contributed by atoms with Gasteiger partial charge in [-0.1, -0.05) is 0 Å². The summed E-state index contributed by atoms with van der Waals surface area (Å²) in [5.74, 6) is -3.27. The first-order valence-corrected chi connectivity index (χ1v) is 3.51. The van der Waals surface area contributed by atoms with Crippen LogP contribution in [0.3, 0.4) is 0 Å². The van der Waals surface area contributed by atoms with Crippen LogP contribution in [0.25, 0.3) is 0 Å². The maximum Gasteiger partial charge on any atom is 0.454 e. The molecule has 0 bridgehead atoms. The van der Waals surface area contributed by atoms with Crippen LogP contribution in [0.4, 0.5) is 13.2 Å². The molecule has 0 radical (unpaired) electrons. The highest BCUT2D eigenvalue weighted by molar-refractivity contribution is 5.94. The van der Waals surface area contributed by atoms with Gasteiger partial charge in [0.1, 0.15) is 6.04 Å². The smallest absolute Gasteiger partial charge is 0.454 e. The molecule has 0 fully saturated rings. The Bertz CT molecular complexity index is 259. The minimum atomic E-state index is -4.93. The summed E-state index contributed by atoms with van der Waals surface area (Å²) in [6.07, 6.45) is -4.03. The Kier molecular flexibility index (Phi) is 4.13. The third kappa shape index (κ3) is 4.48. The zero-order valence-corrected chi connectivity index (χ0v) is 7.13. The van der Waals surface area contributed by atoms with Crippen molar-refractivity contribution in [3.63, 3.8) is 0 Å². The zero-order valence-electron chi connectivity index (χ0n) is 7.13. The van der Waals surface area contributed by atoms with Crippen molar-refractivity contribution in [3.05, 3.63) is 12.3 Å². The highest BCUT2D eigenvalue weighted by atomic mass is 19.4. The van der Waals surface area contributed by atoms with E-state index in [1.807, 2.05) is 0 Å². The van der Waals surface area contributed by atoms with Crippen LogP contribution in [0.5, 0.6) is 0 Å². The van der Waals surface area contributed by atoms with Gasteiger partial charge in [-0.3, -0.25) is 9.59 Å². The second kappa shape index (κ2) is 4.64. The first-order chi connectivity index (χ1) is 6.25. The van der Waals surface area contributed by atoms with E-state index in [4.69, 9.17) is 5.11 Å². The second-order valence-electron chi connectivity index (χ2n) is 2.42. The summed E-state index contributed by atoms with van der Waals surface area (Å²) in [7, 11) is 0. The molecule has 0 saturated carbocycles. The van der Waals surface area contributed by atoms with E-state index >= 15 is 0 Å². The molecule has 0 aromatic heterocycles. The van der Waals surface area contributed by atoms with E-state index in [9.17, 15) is 22.8 Å². The predicted molar refractivity (Wildman–Crippen MR) is 40.4 cm³/mol. The lowest BCUT2D eigenvalue weighted by Crippen LogP contribution is -2.30. The van der Waals surface area contributed by atoms with Crippen LogP contribution >= 0.6 is 0 Å². The number of allylic oxidation sites excluding steroid dienone is 1. The van der Waals surface area contributed by atoms with Gasteiger partial charge in [-0.25, -0.2) is 0 Å². The van der Waals surface area contributed by atoms with E-state index in [0.717, 1.165) is 0 Å². The Labute approximate surface area is 77.4 Å². The molecule has 0 aromatic rings. The Morgan fingerprint density at radius 2 is 1.93 bits per heavy atom. The van der Waals surface area contributed by atoms with Gasteiger partial charge >= 0.3 is 12.1 Å². The molecule has 0 rings (SSSR count). The standard InChI is InChI=1S/C7H8F3NO3/c1-4(6(13)14)11-3-2-5(12)7(8,9)10/h2-4,11H,1H3,(H,13,14)/b3-2+. The summed E-state index contributed by atoms with van der Waals surface area (Å²) >= 11 is 0. The van der Waals surface area contributed by atoms with Crippen LogP contribution < -0.4 is 5.32 Å². The summed E-state index contributed by atoms with van der Waals surface area (Å²) < 4.78 is 34.8. The lowest BCUT2D eigenvalue weighted by molar-refractivity contribution is -0.165. The SMILES string of the molecule is CC(N/C=C/C(=O)C(F)(F)F)C(=O)O. The predicted octanol–water partition coefficient (Wildman–Crippen LogP) is 0.694. The van der Waals surface area contributed by atoms with E-state index in [0.29, 0.717) is 6.20 Å². The van der Waals surface area contributed by atoms with Crippen molar-refractivity contribution in [1.82, 2.24) is 5.32 Å². The molecular weight excluding hydrogens is 203 g/mol. The Morgan fingerprint density at radius 1 is 1.43 bits per heavy atom. The first kappa shape index (κ1) is 12.5. The minimum absolute atomic E-state index is 0.236. The molecule has 2 N–H and O–H groups in total. The van der Waals surface area contributed by atoms with Crippen LogP contribution in [-0.2, 0) is 9.59 Å². The van der Waals surface area contributed by atoms with E-state index < -0.39 is 24.0 Å². The number of carboxylic acids is 1. The Balaban J connectivity index is 4.08. The van der Waals surface area contributed by atoms with Gasteiger partial charge in [0.25, 0.3) is 5.78 Å².